The molecule has 1 aromatic carbocycles. The zero-order valence-electron chi connectivity index (χ0n) is 7.60. The van der Waals surface area contributed by atoms with Crippen LogP contribution in [0.25, 0.3) is 0 Å². The van der Waals surface area contributed by atoms with Crippen molar-refractivity contribution in [2.24, 2.45) is 0 Å². The molecule has 0 heterocycles. The van der Waals surface area contributed by atoms with E-state index in [0.717, 1.165) is 0 Å². The number of rotatable bonds is 4. The van der Waals surface area contributed by atoms with E-state index in [0.29, 0.717) is 11.8 Å². The fraction of sp³-hybridized carbons (Fsp3) is 0.222. The lowest BCUT2D eigenvalue weighted by Gasteiger charge is -2.02. The predicted molar refractivity (Wildman–Crippen MR) is 49.4 cm³/mol. The average Bonchev–Trinajstić information content (AvgIpc) is 2.18. The number of carbonyl (C=O) groups is 1. The van der Waals surface area contributed by atoms with Crippen molar-refractivity contribution in [3.8, 4) is 5.75 Å². The molecule has 0 N–H and O–H groups in total. The van der Waals surface area contributed by atoms with Gasteiger partial charge in [0.25, 0.3) is 0 Å². The molecule has 5 heteroatoms. The normalized spacial score (nSPS) is 9.50. The van der Waals surface area contributed by atoms with Gasteiger partial charge in [0.2, 0.25) is 0 Å². The monoisotopic (exact) mass is 195 g/mol. The Kier molecular flexibility index (Phi) is 3.17. The Morgan fingerprint density at radius 3 is 2.79 bits per heavy atom. The molecule has 0 radical (unpaired) electrons. The van der Waals surface area contributed by atoms with Crippen LogP contribution in [-0.2, 0) is 11.2 Å². The van der Waals surface area contributed by atoms with Gasteiger partial charge in [0.15, 0.2) is 5.75 Å². The van der Waals surface area contributed by atoms with Crippen LogP contribution in [0.5, 0.6) is 5.75 Å². The van der Waals surface area contributed by atoms with Gasteiger partial charge in [-0.25, -0.2) is 0 Å². The number of ether oxygens (including phenoxy) is 1. The Bertz CT molecular complexity index is 362. The van der Waals surface area contributed by atoms with Crippen molar-refractivity contribution in [1.29, 1.82) is 0 Å². The first-order valence-corrected chi connectivity index (χ1v) is 3.94. The number of benzene rings is 1. The summed E-state index contributed by atoms with van der Waals surface area (Å²) in [7, 11) is 1.36. The third-order valence-corrected chi connectivity index (χ3v) is 1.76. The van der Waals surface area contributed by atoms with Crippen LogP contribution in [0, 0.1) is 10.1 Å². The van der Waals surface area contributed by atoms with Gasteiger partial charge in [-0.3, -0.25) is 10.1 Å². The predicted octanol–water partition coefficient (Wildman–Crippen LogP) is 1.34. The molecule has 0 saturated carbocycles. The number of hydrogen-bond acceptors (Lipinski definition) is 4. The molecule has 5 nitrogen and oxygen atoms in total. The Labute approximate surface area is 80.5 Å². The van der Waals surface area contributed by atoms with E-state index in [2.05, 4.69) is 0 Å². The number of nitro benzene ring substituents is 1. The van der Waals surface area contributed by atoms with E-state index in [4.69, 9.17) is 4.74 Å². The summed E-state index contributed by atoms with van der Waals surface area (Å²) in [5.41, 5.74) is 0.486. The molecule has 0 fully saturated rings. The van der Waals surface area contributed by atoms with Crippen molar-refractivity contribution < 1.29 is 14.5 Å². The first kappa shape index (κ1) is 10.2. The van der Waals surface area contributed by atoms with Gasteiger partial charge in [0, 0.05) is 12.5 Å². The number of methoxy groups -OCH3 is 1. The van der Waals surface area contributed by atoms with Crippen molar-refractivity contribution in [2.45, 2.75) is 6.42 Å². The summed E-state index contributed by atoms with van der Waals surface area (Å²) in [6, 6.07) is 4.45. The first-order chi connectivity index (χ1) is 6.69. The van der Waals surface area contributed by atoms with Crippen LogP contribution < -0.4 is 4.74 Å². The van der Waals surface area contributed by atoms with E-state index in [9.17, 15) is 14.9 Å². The van der Waals surface area contributed by atoms with Gasteiger partial charge in [-0.15, -0.1) is 0 Å². The van der Waals surface area contributed by atoms with Gasteiger partial charge >= 0.3 is 5.69 Å². The number of nitrogens with zero attached hydrogens (tertiary/aromatic N) is 1. The molecule has 74 valence electrons. The van der Waals surface area contributed by atoms with E-state index in [1.165, 1.54) is 19.2 Å². The lowest BCUT2D eigenvalue weighted by atomic mass is 10.1. The van der Waals surface area contributed by atoms with Crippen molar-refractivity contribution in [3.05, 3.63) is 33.9 Å². The maximum absolute atomic E-state index is 10.6. The molecule has 14 heavy (non-hydrogen) atoms. The highest BCUT2D eigenvalue weighted by Gasteiger charge is 2.14. The highest BCUT2D eigenvalue weighted by molar-refractivity contribution is 5.58. The minimum Gasteiger partial charge on any atom is -0.490 e. The van der Waals surface area contributed by atoms with Crippen molar-refractivity contribution >= 4 is 12.0 Å². The molecule has 0 bridgehead atoms. The van der Waals surface area contributed by atoms with Crippen molar-refractivity contribution in [2.75, 3.05) is 7.11 Å². The fourth-order valence-corrected chi connectivity index (χ4v) is 1.10. The van der Waals surface area contributed by atoms with Gasteiger partial charge in [0.1, 0.15) is 6.29 Å². The Morgan fingerprint density at radius 1 is 1.57 bits per heavy atom. The maximum atomic E-state index is 10.6. The summed E-state index contributed by atoms with van der Waals surface area (Å²) in [5.74, 6) is 0.199. The minimum absolute atomic E-state index is 0.119. The molecule has 0 saturated heterocycles. The van der Waals surface area contributed by atoms with Gasteiger partial charge in [0.05, 0.1) is 12.0 Å². The molecule has 0 spiro atoms. The summed E-state index contributed by atoms with van der Waals surface area (Å²) in [6.07, 6.45) is 0.871. The molecule has 1 rings (SSSR count). The second kappa shape index (κ2) is 4.36. The molecule has 0 aliphatic rings. The summed E-state index contributed by atoms with van der Waals surface area (Å²) >= 11 is 0. The van der Waals surface area contributed by atoms with E-state index >= 15 is 0 Å². The lowest BCUT2D eigenvalue weighted by molar-refractivity contribution is -0.385. The quantitative estimate of drug-likeness (QED) is 0.413. The number of carbonyl (C=O) groups excluding carboxylic acids is 1. The van der Waals surface area contributed by atoms with Crippen molar-refractivity contribution in [3.63, 3.8) is 0 Å². The van der Waals surface area contributed by atoms with Gasteiger partial charge in [-0.05, 0) is 11.6 Å². The van der Waals surface area contributed by atoms with Crippen LogP contribution >= 0.6 is 0 Å². The molecule has 0 aromatic heterocycles. The maximum Gasteiger partial charge on any atom is 0.311 e. The molecule has 0 aliphatic carbocycles. The molecule has 0 amide bonds. The van der Waals surface area contributed by atoms with Crippen LogP contribution in [0.3, 0.4) is 0 Å². The second-order valence-electron chi connectivity index (χ2n) is 2.63. The van der Waals surface area contributed by atoms with Gasteiger partial charge in [-0.2, -0.15) is 0 Å². The van der Waals surface area contributed by atoms with Gasteiger partial charge in [-0.1, -0.05) is 6.07 Å². The molecule has 0 atom stereocenters. The number of aldehydes is 1. The molecule has 1 aromatic rings. The minimum atomic E-state index is -0.535. The van der Waals surface area contributed by atoms with Crippen LogP contribution in [0.15, 0.2) is 18.2 Å². The number of hydrogen-bond donors (Lipinski definition) is 0. The topological polar surface area (TPSA) is 69.4 Å². The van der Waals surface area contributed by atoms with E-state index in [1.54, 1.807) is 6.07 Å². The summed E-state index contributed by atoms with van der Waals surface area (Å²) in [4.78, 5) is 20.2. The van der Waals surface area contributed by atoms with Crippen LogP contribution in [0.1, 0.15) is 5.56 Å². The number of nitro groups is 1. The summed E-state index contributed by atoms with van der Waals surface area (Å²) < 4.78 is 4.81. The van der Waals surface area contributed by atoms with Gasteiger partial charge < -0.3 is 9.53 Å². The Hall–Kier alpha value is -1.91. The third kappa shape index (κ3) is 2.07. The van der Waals surface area contributed by atoms with E-state index in [-0.39, 0.29) is 17.9 Å². The highest BCUT2D eigenvalue weighted by atomic mass is 16.6. The summed E-state index contributed by atoms with van der Waals surface area (Å²) in [6.45, 7) is 0. The molecular weight excluding hydrogens is 186 g/mol. The molecule has 0 unspecified atom stereocenters. The zero-order chi connectivity index (χ0) is 10.6. The second-order valence-corrected chi connectivity index (χ2v) is 2.63. The standard InChI is InChI=1S/C9H9NO4/c1-14-9-3-2-7(4-5-11)6-8(9)10(12)13/h2-3,5-6H,4H2,1H3. The fourth-order valence-electron chi connectivity index (χ4n) is 1.10. The Morgan fingerprint density at radius 2 is 2.29 bits per heavy atom. The lowest BCUT2D eigenvalue weighted by Crippen LogP contribution is -1.95. The van der Waals surface area contributed by atoms with Crippen LogP contribution in [-0.4, -0.2) is 18.3 Å². The van der Waals surface area contributed by atoms with Crippen molar-refractivity contribution in [1.82, 2.24) is 0 Å². The summed E-state index contributed by atoms with van der Waals surface area (Å²) in [5, 5.41) is 10.6. The zero-order valence-corrected chi connectivity index (χ0v) is 7.60. The SMILES string of the molecule is COc1ccc(CC=O)cc1[N+](=O)[O-]. The van der Waals surface area contributed by atoms with E-state index in [1.807, 2.05) is 0 Å². The van der Waals surface area contributed by atoms with Crippen LogP contribution in [0.2, 0.25) is 0 Å². The van der Waals surface area contributed by atoms with E-state index < -0.39 is 4.92 Å². The smallest absolute Gasteiger partial charge is 0.311 e. The molecular formula is C9H9NO4. The first-order valence-electron chi connectivity index (χ1n) is 3.94. The average molecular weight is 195 g/mol. The third-order valence-electron chi connectivity index (χ3n) is 1.76. The van der Waals surface area contributed by atoms with Crippen LogP contribution in [0.4, 0.5) is 5.69 Å². The highest BCUT2D eigenvalue weighted by Crippen LogP contribution is 2.27. The Balaban J connectivity index is 3.13. The molecule has 0 aliphatic heterocycles. The largest absolute Gasteiger partial charge is 0.490 e.